The Kier molecular flexibility index (Phi) is 8.66. The highest BCUT2D eigenvalue weighted by atomic mass is 32.2. The van der Waals surface area contributed by atoms with Crippen LogP contribution in [-0.2, 0) is 23.4 Å². The Balaban J connectivity index is 1.18. The quantitative estimate of drug-likeness (QED) is 0.286. The number of piperidine rings is 1. The molecule has 4 heterocycles. The molecule has 2 aromatic heterocycles. The molecule has 0 atom stereocenters. The first-order chi connectivity index (χ1) is 21.2. The Morgan fingerprint density at radius 3 is 2.43 bits per heavy atom. The molecule has 2 saturated heterocycles. The lowest BCUT2D eigenvalue weighted by Gasteiger charge is -2.42. The highest BCUT2D eigenvalue weighted by Gasteiger charge is 2.27. The minimum atomic E-state index is -3.37. The number of piperazine rings is 1. The van der Waals surface area contributed by atoms with Gasteiger partial charge >= 0.3 is 0 Å². The number of ether oxygens (including phenoxy) is 1. The molecule has 11 nitrogen and oxygen atoms in total. The van der Waals surface area contributed by atoms with E-state index in [9.17, 15) is 8.42 Å². The number of hydrogen-bond acceptors (Lipinski definition) is 10. The number of anilines is 4. The van der Waals surface area contributed by atoms with Crippen molar-refractivity contribution in [2.45, 2.75) is 30.3 Å². The predicted molar refractivity (Wildman–Crippen MR) is 176 cm³/mol. The number of sulfone groups is 1. The first-order valence-corrected chi connectivity index (χ1v) is 17.1. The number of rotatable bonds is 9. The van der Waals surface area contributed by atoms with E-state index in [1.54, 1.807) is 19.2 Å². The second kappa shape index (κ2) is 12.6. The van der Waals surface area contributed by atoms with E-state index in [-0.39, 0.29) is 0 Å². The molecule has 2 fully saturated rings. The normalized spacial score (nSPS) is 17.2. The van der Waals surface area contributed by atoms with E-state index in [2.05, 4.69) is 44.5 Å². The van der Waals surface area contributed by atoms with Crippen LogP contribution in [0.5, 0.6) is 5.75 Å². The van der Waals surface area contributed by atoms with Crippen LogP contribution < -0.4 is 20.3 Å². The number of nitrogens with zero attached hydrogens (tertiary/aromatic N) is 6. The predicted octanol–water partition coefficient (Wildman–Crippen LogP) is 3.95. The molecule has 44 heavy (non-hydrogen) atoms. The van der Waals surface area contributed by atoms with Crippen molar-refractivity contribution < 1.29 is 13.2 Å². The van der Waals surface area contributed by atoms with Crippen molar-refractivity contribution in [2.75, 3.05) is 75.2 Å². The van der Waals surface area contributed by atoms with E-state index in [1.165, 1.54) is 19.1 Å². The minimum Gasteiger partial charge on any atom is -0.494 e. The number of aromatic nitrogens is 3. The standard InChI is InChI=1S/C32H42N8O3S/c1-37-17-19-40(20-18-37)24-11-15-39(16-12-24)25-9-10-26(28(21-25)43-3)34-32-35-27-13-14-38(2)30(27)31(36-32)33-22-23-7-5-6-8-29(23)44(4,41)42/h5-10,13-14,21,24H,11-12,15-20,22H2,1-4H3,(H2,33,34,35,36). The van der Waals surface area contributed by atoms with Gasteiger partial charge in [0.2, 0.25) is 5.95 Å². The van der Waals surface area contributed by atoms with Crippen molar-refractivity contribution >= 4 is 44.0 Å². The fourth-order valence-electron chi connectivity index (χ4n) is 6.34. The summed E-state index contributed by atoms with van der Waals surface area (Å²) in [6, 6.07) is 15.8. The third kappa shape index (κ3) is 6.47. The van der Waals surface area contributed by atoms with Crippen LogP contribution >= 0.6 is 0 Å². The maximum absolute atomic E-state index is 12.3. The molecule has 0 aliphatic carbocycles. The van der Waals surface area contributed by atoms with Gasteiger partial charge in [-0.1, -0.05) is 18.2 Å². The van der Waals surface area contributed by atoms with Crippen molar-refractivity contribution in [1.82, 2.24) is 24.3 Å². The molecular formula is C32H42N8O3S. The summed E-state index contributed by atoms with van der Waals surface area (Å²) in [6.07, 6.45) is 5.49. The van der Waals surface area contributed by atoms with E-state index in [0.29, 0.717) is 34.8 Å². The fourth-order valence-corrected chi connectivity index (χ4v) is 7.28. The Labute approximate surface area is 259 Å². The average molecular weight is 619 g/mol. The largest absolute Gasteiger partial charge is 0.494 e. The average Bonchev–Trinajstić information content (AvgIpc) is 3.40. The molecule has 0 bridgehead atoms. The highest BCUT2D eigenvalue weighted by molar-refractivity contribution is 7.90. The van der Waals surface area contributed by atoms with Gasteiger partial charge in [-0.25, -0.2) is 13.4 Å². The maximum Gasteiger partial charge on any atom is 0.229 e. The number of benzene rings is 2. The molecule has 2 aromatic carbocycles. The number of hydrogen-bond donors (Lipinski definition) is 2. The number of nitrogens with one attached hydrogen (secondary N) is 2. The van der Waals surface area contributed by atoms with E-state index < -0.39 is 9.84 Å². The molecule has 0 spiro atoms. The Bertz CT molecular complexity index is 1720. The first kappa shape index (κ1) is 30.2. The van der Waals surface area contributed by atoms with Gasteiger partial charge in [0.15, 0.2) is 15.7 Å². The van der Waals surface area contributed by atoms with Gasteiger partial charge < -0.3 is 29.7 Å². The van der Waals surface area contributed by atoms with Crippen LogP contribution in [0.1, 0.15) is 18.4 Å². The van der Waals surface area contributed by atoms with Gasteiger partial charge in [-0.05, 0) is 49.7 Å². The highest BCUT2D eigenvalue weighted by Crippen LogP contribution is 2.34. The Morgan fingerprint density at radius 2 is 1.70 bits per heavy atom. The van der Waals surface area contributed by atoms with Crippen LogP contribution in [0, 0.1) is 0 Å². The molecule has 2 N–H and O–H groups in total. The smallest absolute Gasteiger partial charge is 0.229 e. The molecule has 6 rings (SSSR count). The van der Waals surface area contributed by atoms with Gasteiger partial charge in [-0.15, -0.1) is 0 Å². The second-order valence-corrected chi connectivity index (χ2v) is 13.8. The van der Waals surface area contributed by atoms with Gasteiger partial charge in [-0.3, -0.25) is 4.90 Å². The summed E-state index contributed by atoms with van der Waals surface area (Å²) in [7, 11) is 2.45. The van der Waals surface area contributed by atoms with Gasteiger partial charge in [0.25, 0.3) is 0 Å². The number of likely N-dealkylation sites (N-methyl/N-ethyl adjacent to an activating group) is 1. The summed E-state index contributed by atoms with van der Waals surface area (Å²) >= 11 is 0. The van der Waals surface area contributed by atoms with Gasteiger partial charge in [0.05, 0.1) is 23.2 Å². The lowest BCUT2D eigenvalue weighted by atomic mass is 10.0. The molecule has 4 aromatic rings. The van der Waals surface area contributed by atoms with Crippen molar-refractivity contribution in [3.05, 3.63) is 60.3 Å². The summed E-state index contributed by atoms with van der Waals surface area (Å²) in [5.74, 6) is 1.74. The summed E-state index contributed by atoms with van der Waals surface area (Å²) < 4.78 is 32.4. The Hall–Kier alpha value is -3.87. The first-order valence-electron chi connectivity index (χ1n) is 15.2. The molecule has 2 aliphatic heterocycles. The molecule has 0 unspecified atom stereocenters. The molecule has 0 amide bonds. The minimum absolute atomic E-state index is 0.295. The van der Waals surface area contributed by atoms with E-state index in [1.807, 2.05) is 42.1 Å². The van der Waals surface area contributed by atoms with Crippen molar-refractivity contribution in [1.29, 1.82) is 0 Å². The van der Waals surface area contributed by atoms with Crippen LogP contribution in [0.3, 0.4) is 0 Å². The molecular weight excluding hydrogens is 576 g/mol. The zero-order valence-corrected chi connectivity index (χ0v) is 26.8. The Morgan fingerprint density at radius 1 is 0.955 bits per heavy atom. The number of methoxy groups -OCH3 is 1. The topological polar surface area (TPSA) is 108 Å². The third-order valence-electron chi connectivity index (χ3n) is 8.85. The van der Waals surface area contributed by atoms with Crippen LogP contribution in [0.2, 0.25) is 0 Å². The molecule has 2 aliphatic rings. The summed E-state index contributed by atoms with van der Waals surface area (Å²) in [6.45, 7) is 6.98. The van der Waals surface area contributed by atoms with Crippen LogP contribution in [0.4, 0.5) is 23.1 Å². The van der Waals surface area contributed by atoms with Gasteiger partial charge in [-0.2, -0.15) is 4.98 Å². The summed E-state index contributed by atoms with van der Waals surface area (Å²) in [5.41, 5.74) is 4.19. The van der Waals surface area contributed by atoms with Crippen LogP contribution in [0.15, 0.2) is 59.6 Å². The summed E-state index contributed by atoms with van der Waals surface area (Å²) in [5, 5.41) is 6.72. The third-order valence-corrected chi connectivity index (χ3v) is 10.1. The van der Waals surface area contributed by atoms with Crippen LogP contribution in [0.25, 0.3) is 11.0 Å². The molecule has 0 radical (unpaired) electrons. The molecule has 234 valence electrons. The van der Waals surface area contributed by atoms with Crippen LogP contribution in [-0.4, -0.2) is 98.5 Å². The SMILES string of the molecule is COc1cc(N2CCC(N3CCN(C)CC3)CC2)ccc1Nc1nc(NCc2ccccc2S(C)(=O)=O)c2c(ccn2C)n1. The lowest BCUT2D eigenvalue weighted by Crippen LogP contribution is -2.52. The van der Waals surface area contributed by atoms with E-state index in [4.69, 9.17) is 14.7 Å². The van der Waals surface area contributed by atoms with Crippen molar-refractivity contribution in [2.24, 2.45) is 7.05 Å². The summed E-state index contributed by atoms with van der Waals surface area (Å²) in [4.78, 5) is 17.4. The van der Waals surface area contributed by atoms with Crippen molar-refractivity contribution in [3.63, 3.8) is 0 Å². The number of aryl methyl sites for hydroxylation is 1. The van der Waals surface area contributed by atoms with E-state index in [0.717, 1.165) is 67.4 Å². The van der Waals surface area contributed by atoms with E-state index >= 15 is 0 Å². The van der Waals surface area contributed by atoms with Gasteiger partial charge in [0, 0.05) is 83.1 Å². The van der Waals surface area contributed by atoms with Gasteiger partial charge in [0.1, 0.15) is 11.3 Å². The zero-order chi connectivity index (χ0) is 30.8. The molecule has 12 heteroatoms. The maximum atomic E-state index is 12.3. The second-order valence-electron chi connectivity index (χ2n) is 11.9. The number of fused-ring (bicyclic) bond motifs is 1. The fraction of sp³-hybridized carbons (Fsp3) is 0.438. The monoisotopic (exact) mass is 618 g/mol. The van der Waals surface area contributed by atoms with Crippen molar-refractivity contribution in [3.8, 4) is 5.75 Å². The molecule has 0 saturated carbocycles. The lowest BCUT2D eigenvalue weighted by molar-refractivity contribution is 0.0982. The zero-order valence-electron chi connectivity index (χ0n) is 26.0.